The number of amides is 2. The highest BCUT2D eigenvalue weighted by Crippen LogP contribution is 2.36. The quantitative estimate of drug-likeness (QED) is 0.296. The van der Waals surface area contributed by atoms with Gasteiger partial charge in [0, 0.05) is 5.54 Å². The first-order valence-corrected chi connectivity index (χ1v) is 13.1. The van der Waals surface area contributed by atoms with Crippen LogP contribution in [0.25, 0.3) is 11.0 Å². The average molecular weight is 530 g/mol. The Kier molecular flexibility index (Phi) is 8.49. The number of methoxy groups -OCH3 is 1. The van der Waals surface area contributed by atoms with Crippen molar-refractivity contribution in [1.82, 2.24) is 20.3 Å². The van der Waals surface area contributed by atoms with E-state index in [1.165, 1.54) is 4.90 Å². The van der Waals surface area contributed by atoms with Gasteiger partial charge >= 0.3 is 0 Å². The van der Waals surface area contributed by atoms with Crippen LogP contribution >= 0.6 is 0 Å². The molecule has 0 aliphatic heterocycles. The molecule has 9 nitrogen and oxygen atoms in total. The summed E-state index contributed by atoms with van der Waals surface area (Å²) in [5.74, 6) is 0.485. The van der Waals surface area contributed by atoms with Crippen molar-refractivity contribution < 1.29 is 19.1 Å². The van der Waals surface area contributed by atoms with Crippen LogP contribution < -0.4 is 19.7 Å². The molecule has 0 radical (unpaired) electrons. The summed E-state index contributed by atoms with van der Waals surface area (Å²) in [5, 5.41) is 11.5. The van der Waals surface area contributed by atoms with E-state index in [0.717, 1.165) is 5.52 Å². The summed E-state index contributed by atoms with van der Waals surface area (Å²) in [6, 6.07) is 20.8. The first-order chi connectivity index (χ1) is 18.8. The number of hydrogen-bond donors (Lipinski definition) is 1. The third-order valence-electron chi connectivity index (χ3n) is 6.68. The first-order valence-electron chi connectivity index (χ1n) is 13.1. The molecule has 0 fully saturated rings. The van der Waals surface area contributed by atoms with E-state index in [1.807, 2.05) is 76.2 Å². The van der Waals surface area contributed by atoms with Gasteiger partial charge in [-0.25, -0.2) is 4.68 Å². The number of carbonyl (C=O) groups excluding carboxylic acids is 2. The van der Waals surface area contributed by atoms with Crippen molar-refractivity contribution in [3.8, 4) is 11.5 Å². The molecular formula is C30H35N5O4. The molecule has 0 saturated heterocycles. The van der Waals surface area contributed by atoms with Crippen molar-refractivity contribution >= 4 is 28.5 Å². The van der Waals surface area contributed by atoms with Crippen molar-refractivity contribution in [2.75, 3.05) is 18.6 Å². The normalized spacial score (nSPS) is 12.1. The Balaban J connectivity index is 1.85. The second-order valence-electron chi connectivity index (χ2n) is 9.80. The van der Waals surface area contributed by atoms with E-state index in [2.05, 4.69) is 15.6 Å². The number of benzene rings is 3. The monoisotopic (exact) mass is 529 g/mol. The molecular weight excluding hydrogens is 494 g/mol. The van der Waals surface area contributed by atoms with Gasteiger partial charge in [0.2, 0.25) is 11.8 Å². The van der Waals surface area contributed by atoms with Crippen LogP contribution in [0.2, 0.25) is 0 Å². The lowest BCUT2D eigenvalue weighted by Gasteiger charge is -2.35. The summed E-state index contributed by atoms with van der Waals surface area (Å²) in [6.45, 7) is 8.22. The van der Waals surface area contributed by atoms with E-state index in [-0.39, 0.29) is 18.4 Å². The average Bonchev–Trinajstić information content (AvgIpc) is 3.34. The minimum absolute atomic E-state index is 0.128. The first kappa shape index (κ1) is 27.6. The molecule has 9 heteroatoms. The van der Waals surface area contributed by atoms with Crippen molar-refractivity contribution in [2.24, 2.45) is 0 Å². The standard InChI is InChI=1S/C30H35N5O4/c1-6-30(3,4)31-29(37)28(21-16-18-22(19-17-21)39-7-2)35(25-14-10-11-15-26(25)38-5)27(36)20-34-24-13-9-8-12-23(24)32-33-34/h8-19,28H,6-7,20H2,1-5H3,(H,31,37). The van der Waals surface area contributed by atoms with Gasteiger partial charge in [0.25, 0.3) is 0 Å². The van der Waals surface area contributed by atoms with Gasteiger partial charge in [-0.05, 0) is 69.2 Å². The second-order valence-corrected chi connectivity index (χ2v) is 9.80. The SMILES string of the molecule is CCOc1ccc(C(C(=O)NC(C)(C)CC)N(C(=O)Cn2nnc3ccccc32)c2ccccc2OC)cc1. The van der Waals surface area contributed by atoms with Gasteiger partial charge in [0.1, 0.15) is 29.6 Å². The maximum absolute atomic E-state index is 14.2. The highest BCUT2D eigenvalue weighted by Gasteiger charge is 2.36. The molecule has 1 aromatic heterocycles. The minimum atomic E-state index is -0.995. The van der Waals surface area contributed by atoms with Gasteiger partial charge in [-0.1, -0.05) is 48.5 Å². The molecule has 39 heavy (non-hydrogen) atoms. The van der Waals surface area contributed by atoms with Crippen LogP contribution in [-0.4, -0.2) is 46.1 Å². The van der Waals surface area contributed by atoms with E-state index >= 15 is 0 Å². The number of nitrogens with zero attached hydrogens (tertiary/aromatic N) is 4. The fourth-order valence-electron chi connectivity index (χ4n) is 4.31. The summed E-state index contributed by atoms with van der Waals surface area (Å²) in [7, 11) is 1.54. The molecule has 2 amide bonds. The topological polar surface area (TPSA) is 98.6 Å². The van der Waals surface area contributed by atoms with Gasteiger partial charge in [-0.2, -0.15) is 0 Å². The van der Waals surface area contributed by atoms with Crippen LogP contribution in [0, 0.1) is 0 Å². The van der Waals surface area contributed by atoms with Crippen LogP contribution in [0.3, 0.4) is 0 Å². The minimum Gasteiger partial charge on any atom is -0.495 e. The molecule has 0 spiro atoms. The van der Waals surface area contributed by atoms with Crippen molar-refractivity contribution in [2.45, 2.75) is 52.2 Å². The van der Waals surface area contributed by atoms with Crippen molar-refractivity contribution in [3.63, 3.8) is 0 Å². The third kappa shape index (κ3) is 6.19. The number of hydrogen-bond acceptors (Lipinski definition) is 6. The Bertz CT molecular complexity index is 1430. The number of carbonyl (C=O) groups is 2. The zero-order valence-corrected chi connectivity index (χ0v) is 23.0. The van der Waals surface area contributed by atoms with Crippen LogP contribution in [0.1, 0.15) is 45.7 Å². The number of rotatable bonds is 11. The highest BCUT2D eigenvalue weighted by atomic mass is 16.5. The summed E-state index contributed by atoms with van der Waals surface area (Å²) < 4.78 is 12.8. The lowest BCUT2D eigenvalue weighted by atomic mass is 9.98. The molecule has 0 bridgehead atoms. The molecule has 3 aromatic carbocycles. The van der Waals surface area contributed by atoms with Crippen LogP contribution in [0.4, 0.5) is 5.69 Å². The van der Waals surface area contributed by atoms with Crippen molar-refractivity contribution in [1.29, 1.82) is 0 Å². The van der Waals surface area contributed by atoms with Gasteiger partial charge in [-0.3, -0.25) is 14.5 Å². The molecule has 1 N–H and O–H groups in total. The Hall–Kier alpha value is -4.40. The molecule has 0 aliphatic carbocycles. The van der Waals surface area contributed by atoms with E-state index in [0.29, 0.717) is 41.3 Å². The molecule has 0 saturated carbocycles. The Morgan fingerprint density at radius 3 is 2.38 bits per heavy atom. The second kappa shape index (κ2) is 12.0. The predicted molar refractivity (Wildman–Crippen MR) is 151 cm³/mol. The van der Waals surface area contributed by atoms with Gasteiger partial charge in [-0.15, -0.1) is 5.10 Å². The summed E-state index contributed by atoms with van der Waals surface area (Å²) in [5.41, 5.74) is 2.01. The van der Waals surface area contributed by atoms with Crippen LogP contribution in [0.5, 0.6) is 11.5 Å². The number of fused-ring (bicyclic) bond motifs is 1. The number of ether oxygens (including phenoxy) is 2. The molecule has 1 unspecified atom stereocenters. The van der Waals surface area contributed by atoms with E-state index in [9.17, 15) is 9.59 Å². The summed E-state index contributed by atoms with van der Waals surface area (Å²) in [4.78, 5) is 29.8. The summed E-state index contributed by atoms with van der Waals surface area (Å²) in [6.07, 6.45) is 0.711. The molecule has 204 valence electrons. The number of nitrogens with one attached hydrogen (secondary N) is 1. The summed E-state index contributed by atoms with van der Waals surface area (Å²) >= 11 is 0. The van der Waals surface area contributed by atoms with Gasteiger partial charge < -0.3 is 14.8 Å². The van der Waals surface area contributed by atoms with E-state index < -0.39 is 11.6 Å². The fraction of sp³-hybridized carbons (Fsp3) is 0.333. The number of anilines is 1. The number of para-hydroxylation sites is 3. The smallest absolute Gasteiger partial charge is 0.249 e. The fourth-order valence-corrected chi connectivity index (χ4v) is 4.31. The predicted octanol–water partition coefficient (Wildman–Crippen LogP) is 4.92. The maximum atomic E-state index is 14.2. The third-order valence-corrected chi connectivity index (χ3v) is 6.68. The highest BCUT2D eigenvalue weighted by molar-refractivity contribution is 6.02. The van der Waals surface area contributed by atoms with Gasteiger partial charge in [0.15, 0.2) is 0 Å². The molecule has 4 rings (SSSR count). The lowest BCUT2D eigenvalue weighted by Crippen LogP contribution is -2.51. The molecule has 1 atom stereocenters. The molecule has 1 heterocycles. The zero-order valence-electron chi connectivity index (χ0n) is 23.0. The van der Waals surface area contributed by atoms with E-state index in [1.54, 1.807) is 36.1 Å². The van der Waals surface area contributed by atoms with Crippen LogP contribution in [-0.2, 0) is 16.1 Å². The van der Waals surface area contributed by atoms with E-state index in [4.69, 9.17) is 9.47 Å². The molecule has 0 aliphatic rings. The van der Waals surface area contributed by atoms with Crippen LogP contribution in [0.15, 0.2) is 72.8 Å². The zero-order chi connectivity index (χ0) is 28.0. The van der Waals surface area contributed by atoms with Crippen molar-refractivity contribution in [3.05, 3.63) is 78.4 Å². The Morgan fingerprint density at radius 1 is 1.00 bits per heavy atom. The number of aromatic nitrogens is 3. The maximum Gasteiger partial charge on any atom is 0.249 e. The lowest BCUT2D eigenvalue weighted by molar-refractivity contribution is -0.128. The largest absolute Gasteiger partial charge is 0.495 e. The molecule has 4 aromatic rings. The van der Waals surface area contributed by atoms with Gasteiger partial charge in [0.05, 0.1) is 24.9 Å². The Morgan fingerprint density at radius 2 is 1.69 bits per heavy atom. The Labute approximate surface area is 228 Å².